The fraction of sp³-hybridized carbons (Fsp3) is 0.375. The minimum absolute atomic E-state index is 0.245. The number of halogens is 1. The molecule has 0 spiro atoms. The Morgan fingerprint density at radius 1 is 1.19 bits per heavy atom. The maximum atomic E-state index is 5.64. The molecule has 0 aliphatic rings. The number of aromatic nitrogens is 2. The molecular weight excluding hydrogens is 377 g/mol. The molecule has 1 heterocycles. The molecule has 112 valence electrons. The second-order valence-electron chi connectivity index (χ2n) is 4.60. The van der Waals surface area contributed by atoms with Crippen molar-refractivity contribution in [1.29, 1.82) is 0 Å². The quantitative estimate of drug-likeness (QED) is 0.754. The number of hydrogen-bond acceptors (Lipinski definition) is 4. The highest BCUT2D eigenvalue weighted by molar-refractivity contribution is 14.1. The van der Waals surface area contributed by atoms with Crippen LogP contribution in [-0.4, -0.2) is 23.6 Å². The number of hydrogen-bond donors (Lipinski definition) is 1. The van der Waals surface area contributed by atoms with E-state index in [1.165, 1.54) is 0 Å². The zero-order valence-electron chi connectivity index (χ0n) is 12.6. The summed E-state index contributed by atoms with van der Waals surface area (Å²) in [6.07, 6.45) is 0.628. The maximum Gasteiger partial charge on any atom is 0.164 e. The molecule has 0 aliphatic carbocycles. The molecule has 0 saturated carbocycles. The van der Waals surface area contributed by atoms with E-state index in [0.717, 1.165) is 33.6 Å². The van der Waals surface area contributed by atoms with Crippen molar-refractivity contribution < 1.29 is 4.74 Å². The Hall–Kier alpha value is -1.21. The van der Waals surface area contributed by atoms with Crippen LogP contribution in [0.15, 0.2) is 30.3 Å². The predicted molar refractivity (Wildman–Crippen MR) is 93.6 cm³/mol. The topological polar surface area (TPSA) is 47.0 Å². The molecule has 1 unspecified atom stereocenters. The van der Waals surface area contributed by atoms with Crippen molar-refractivity contribution in [3.05, 3.63) is 51.0 Å². The zero-order chi connectivity index (χ0) is 15.2. The van der Waals surface area contributed by atoms with Gasteiger partial charge in [-0.25, -0.2) is 9.97 Å². The van der Waals surface area contributed by atoms with E-state index >= 15 is 0 Å². The minimum atomic E-state index is -0.245. The first kappa shape index (κ1) is 16.2. The van der Waals surface area contributed by atoms with Gasteiger partial charge in [0.1, 0.15) is 11.9 Å². The average molecular weight is 397 g/mol. The summed E-state index contributed by atoms with van der Waals surface area (Å²) in [6.45, 7) is 5.00. The van der Waals surface area contributed by atoms with Gasteiger partial charge in [-0.05, 0) is 41.5 Å². The first-order chi connectivity index (χ1) is 10.2. The number of nitrogens with zero attached hydrogens (tertiary/aromatic N) is 2. The molecule has 2 rings (SSSR count). The highest BCUT2D eigenvalue weighted by Gasteiger charge is 2.20. The van der Waals surface area contributed by atoms with Gasteiger partial charge in [-0.2, -0.15) is 0 Å². The fourth-order valence-electron chi connectivity index (χ4n) is 2.17. The monoisotopic (exact) mass is 397 g/mol. The summed E-state index contributed by atoms with van der Waals surface area (Å²) >= 11 is 2.30. The third kappa shape index (κ3) is 3.71. The molecule has 0 saturated heterocycles. The molecule has 0 aliphatic heterocycles. The van der Waals surface area contributed by atoms with E-state index in [2.05, 4.69) is 46.7 Å². The third-order valence-electron chi connectivity index (χ3n) is 3.19. The van der Waals surface area contributed by atoms with Gasteiger partial charge < -0.3 is 10.1 Å². The van der Waals surface area contributed by atoms with Crippen LogP contribution >= 0.6 is 22.6 Å². The highest BCUT2D eigenvalue weighted by Crippen LogP contribution is 2.27. The Kier molecular flexibility index (Phi) is 5.93. The Balaban J connectivity index is 2.48. The average Bonchev–Trinajstić information content (AvgIpc) is 2.52. The van der Waals surface area contributed by atoms with E-state index in [-0.39, 0.29) is 6.10 Å². The van der Waals surface area contributed by atoms with Crippen molar-refractivity contribution in [2.75, 3.05) is 19.0 Å². The van der Waals surface area contributed by atoms with Crippen molar-refractivity contribution in [3.63, 3.8) is 0 Å². The van der Waals surface area contributed by atoms with Crippen molar-refractivity contribution >= 4 is 28.4 Å². The molecule has 1 atom stereocenters. The highest BCUT2D eigenvalue weighted by atomic mass is 127. The van der Waals surface area contributed by atoms with Gasteiger partial charge in [-0.1, -0.05) is 37.3 Å². The van der Waals surface area contributed by atoms with Crippen molar-refractivity contribution in [2.45, 2.75) is 26.4 Å². The lowest BCUT2D eigenvalue weighted by molar-refractivity contribution is 0.129. The van der Waals surface area contributed by atoms with Gasteiger partial charge in [0.15, 0.2) is 5.82 Å². The van der Waals surface area contributed by atoms with Crippen LogP contribution < -0.4 is 5.32 Å². The number of benzene rings is 1. The second-order valence-corrected chi connectivity index (χ2v) is 5.68. The Labute approximate surface area is 139 Å². The van der Waals surface area contributed by atoms with Gasteiger partial charge in [-0.3, -0.25) is 0 Å². The lowest BCUT2D eigenvalue weighted by Crippen LogP contribution is -2.14. The molecule has 0 amide bonds. The second kappa shape index (κ2) is 7.70. The normalized spacial score (nSPS) is 12.2. The summed E-state index contributed by atoms with van der Waals surface area (Å²) in [5.74, 6) is 1.59. The van der Waals surface area contributed by atoms with Crippen LogP contribution in [0.1, 0.15) is 37.0 Å². The van der Waals surface area contributed by atoms with Crippen LogP contribution in [0.25, 0.3) is 0 Å². The van der Waals surface area contributed by atoms with Crippen molar-refractivity contribution in [2.24, 2.45) is 0 Å². The van der Waals surface area contributed by atoms with Crippen LogP contribution in [0, 0.1) is 3.57 Å². The van der Waals surface area contributed by atoms with Gasteiger partial charge in [0.2, 0.25) is 0 Å². The van der Waals surface area contributed by atoms with Crippen molar-refractivity contribution in [3.8, 4) is 0 Å². The van der Waals surface area contributed by atoms with Gasteiger partial charge >= 0.3 is 0 Å². The number of ether oxygens (including phenoxy) is 1. The van der Waals surface area contributed by atoms with Crippen LogP contribution in [-0.2, 0) is 11.2 Å². The van der Waals surface area contributed by atoms with E-state index in [1.54, 1.807) is 7.11 Å². The lowest BCUT2D eigenvalue weighted by Gasteiger charge is -2.18. The first-order valence-corrected chi connectivity index (χ1v) is 8.17. The van der Waals surface area contributed by atoms with E-state index in [0.29, 0.717) is 5.82 Å². The molecule has 2 aromatic rings. The number of anilines is 1. The molecule has 21 heavy (non-hydrogen) atoms. The summed E-state index contributed by atoms with van der Waals surface area (Å²) in [5.41, 5.74) is 2.11. The lowest BCUT2D eigenvalue weighted by atomic mass is 10.1. The molecule has 0 radical (unpaired) electrons. The summed E-state index contributed by atoms with van der Waals surface area (Å²) in [6, 6.07) is 10.1. The van der Waals surface area contributed by atoms with Crippen LogP contribution in [0.4, 0.5) is 5.82 Å². The number of nitrogens with one attached hydrogen (secondary N) is 1. The number of rotatable bonds is 6. The van der Waals surface area contributed by atoms with E-state index in [9.17, 15) is 0 Å². The molecule has 0 fully saturated rings. The summed E-state index contributed by atoms with van der Waals surface area (Å²) < 4.78 is 6.73. The van der Waals surface area contributed by atoms with Crippen LogP contribution in [0.3, 0.4) is 0 Å². The third-order valence-corrected chi connectivity index (χ3v) is 4.32. The van der Waals surface area contributed by atoms with Crippen LogP contribution in [0.5, 0.6) is 0 Å². The summed E-state index contributed by atoms with van der Waals surface area (Å²) in [7, 11) is 1.69. The van der Waals surface area contributed by atoms with Gasteiger partial charge in [-0.15, -0.1) is 0 Å². The molecule has 1 aromatic heterocycles. The molecule has 5 heteroatoms. The Morgan fingerprint density at radius 3 is 2.48 bits per heavy atom. The molecular formula is C16H20IN3O. The number of methoxy groups -OCH3 is 1. The van der Waals surface area contributed by atoms with Crippen LogP contribution in [0.2, 0.25) is 0 Å². The minimum Gasteiger partial charge on any atom is -0.369 e. The van der Waals surface area contributed by atoms with E-state index in [1.807, 2.05) is 30.3 Å². The largest absolute Gasteiger partial charge is 0.369 e. The Morgan fingerprint density at radius 2 is 1.90 bits per heavy atom. The zero-order valence-corrected chi connectivity index (χ0v) is 14.7. The van der Waals surface area contributed by atoms with E-state index < -0.39 is 0 Å². The molecule has 1 N–H and O–H groups in total. The first-order valence-electron chi connectivity index (χ1n) is 7.09. The standard InChI is InChI=1S/C16H20IN3O/c1-4-12-13(17)15(18-5-2)20-16(19-12)14(21-3)11-9-7-6-8-10-11/h6-10,14H,4-5H2,1-3H3,(H,18,19,20). The smallest absolute Gasteiger partial charge is 0.164 e. The molecule has 4 nitrogen and oxygen atoms in total. The number of aryl methyl sites for hydroxylation is 1. The van der Waals surface area contributed by atoms with E-state index in [4.69, 9.17) is 9.72 Å². The summed E-state index contributed by atoms with van der Waals surface area (Å²) in [4.78, 5) is 9.36. The molecule has 1 aromatic carbocycles. The fourth-order valence-corrected chi connectivity index (χ4v) is 2.98. The van der Waals surface area contributed by atoms with Gasteiger partial charge in [0.05, 0.1) is 9.26 Å². The van der Waals surface area contributed by atoms with Crippen molar-refractivity contribution in [1.82, 2.24) is 9.97 Å². The van der Waals surface area contributed by atoms with Gasteiger partial charge in [0.25, 0.3) is 0 Å². The predicted octanol–water partition coefficient (Wildman–Crippen LogP) is 3.81. The maximum absolute atomic E-state index is 5.64. The van der Waals surface area contributed by atoms with Gasteiger partial charge in [0, 0.05) is 13.7 Å². The SMILES string of the molecule is CCNc1nc(C(OC)c2ccccc2)nc(CC)c1I. The molecule has 0 bridgehead atoms. The Bertz CT molecular complexity index is 590. The summed E-state index contributed by atoms with van der Waals surface area (Å²) in [5, 5.41) is 3.31.